The van der Waals surface area contributed by atoms with E-state index in [1.54, 1.807) is 0 Å². The van der Waals surface area contributed by atoms with Gasteiger partial charge in [0.15, 0.2) is 0 Å². The Balaban J connectivity index is 2.55. The van der Waals surface area contributed by atoms with Gasteiger partial charge in [0.2, 0.25) is 0 Å². The van der Waals surface area contributed by atoms with Gasteiger partial charge in [0.1, 0.15) is 0 Å². The van der Waals surface area contributed by atoms with Crippen molar-refractivity contribution in [2.75, 3.05) is 6.54 Å². The van der Waals surface area contributed by atoms with Crippen molar-refractivity contribution in [3.63, 3.8) is 0 Å². The molecule has 0 fully saturated rings. The number of rotatable bonds is 2. The van der Waals surface area contributed by atoms with Crippen LogP contribution in [0, 0.1) is 11.8 Å². The summed E-state index contributed by atoms with van der Waals surface area (Å²) in [7, 11) is 0. The maximum absolute atomic E-state index is 10.4. The van der Waals surface area contributed by atoms with E-state index in [1.807, 2.05) is 11.4 Å². The monoisotopic (exact) mass is 209 g/mol. The molecule has 1 rings (SSSR count). The van der Waals surface area contributed by atoms with Gasteiger partial charge >= 0.3 is 6.03 Å². The van der Waals surface area contributed by atoms with Crippen molar-refractivity contribution in [1.82, 2.24) is 5.32 Å². The largest absolute Gasteiger partial charge is 0.352 e. The molecule has 0 radical (unpaired) electrons. The smallest absolute Gasteiger partial charge is 0.312 e. The van der Waals surface area contributed by atoms with E-state index in [9.17, 15) is 4.79 Å². The lowest BCUT2D eigenvalue weighted by atomic mass is 10.3. The maximum Gasteiger partial charge on any atom is 0.312 e. The Morgan fingerprint density at radius 1 is 1.64 bits per heavy atom. The zero-order chi connectivity index (χ0) is 10.4. The molecule has 0 saturated heterocycles. The topological polar surface area (TPSA) is 81.1 Å². The fraction of sp³-hybridized carbons (Fsp3) is 0.222. The minimum Gasteiger partial charge on any atom is -0.352 e. The van der Waals surface area contributed by atoms with Crippen molar-refractivity contribution < 1.29 is 4.79 Å². The number of hydrogen-bond acceptors (Lipinski definition) is 3. The summed E-state index contributed by atoms with van der Waals surface area (Å²) in [6.07, 6.45) is 0. The van der Waals surface area contributed by atoms with E-state index in [4.69, 9.17) is 11.5 Å². The predicted molar refractivity (Wildman–Crippen MR) is 56.7 cm³/mol. The summed E-state index contributed by atoms with van der Waals surface area (Å²) in [6.45, 7) is 0.801. The van der Waals surface area contributed by atoms with Crippen molar-refractivity contribution in [1.29, 1.82) is 0 Å². The molecule has 5 N–H and O–H groups in total. The second kappa shape index (κ2) is 5.27. The molecular formula is C9H11N3OS. The number of nitrogens with one attached hydrogen (secondary N) is 1. The second-order valence-corrected chi connectivity index (χ2v) is 3.52. The van der Waals surface area contributed by atoms with Gasteiger partial charge in [0.05, 0.1) is 13.1 Å². The molecule has 0 bridgehead atoms. The van der Waals surface area contributed by atoms with Gasteiger partial charge in [0, 0.05) is 15.8 Å². The Kier molecular flexibility index (Phi) is 3.98. The SMILES string of the molecule is NCC#Cc1csc(CNC(N)=O)c1. The van der Waals surface area contributed by atoms with Crippen molar-refractivity contribution in [2.24, 2.45) is 11.5 Å². The highest BCUT2D eigenvalue weighted by Crippen LogP contribution is 2.13. The van der Waals surface area contributed by atoms with Crippen LogP contribution in [0.3, 0.4) is 0 Å². The highest BCUT2D eigenvalue weighted by Gasteiger charge is 1.98. The fourth-order valence-corrected chi connectivity index (χ4v) is 1.62. The lowest BCUT2D eigenvalue weighted by molar-refractivity contribution is 0.248. The van der Waals surface area contributed by atoms with Crippen molar-refractivity contribution in [2.45, 2.75) is 6.54 Å². The quantitative estimate of drug-likeness (QED) is 0.609. The standard InChI is InChI=1S/C9H11N3OS/c10-3-1-2-7-4-8(14-6-7)5-12-9(11)13/h4,6H,3,5,10H2,(H3,11,12,13). The van der Waals surface area contributed by atoms with Crippen LogP contribution in [0.25, 0.3) is 0 Å². The lowest BCUT2D eigenvalue weighted by Crippen LogP contribution is -2.28. The maximum atomic E-state index is 10.4. The Bertz CT molecular complexity index is 375. The molecule has 14 heavy (non-hydrogen) atoms. The minimum atomic E-state index is -0.520. The molecule has 0 spiro atoms. The van der Waals surface area contributed by atoms with E-state index >= 15 is 0 Å². The first kappa shape index (κ1) is 10.6. The molecule has 1 heterocycles. The molecule has 4 nitrogen and oxygen atoms in total. The van der Waals surface area contributed by atoms with E-state index in [0.717, 1.165) is 10.4 Å². The summed E-state index contributed by atoms with van der Waals surface area (Å²) in [4.78, 5) is 11.4. The Labute approximate surface area is 86.3 Å². The Morgan fingerprint density at radius 2 is 2.43 bits per heavy atom. The molecule has 74 valence electrons. The number of thiophene rings is 1. The molecule has 0 aliphatic rings. The zero-order valence-electron chi connectivity index (χ0n) is 7.54. The second-order valence-electron chi connectivity index (χ2n) is 2.53. The van der Waals surface area contributed by atoms with Crippen LogP contribution in [0.5, 0.6) is 0 Å². The van der Waals surface area contributed by atoms with Crippen molar-refractivity contribution >= 4 is 17.4 Å². The molecule has 0 unspecified atom stereocenters. The van der Waals surface area contributed by atoms with E-state index < -0.39 is 6.03 Å². The molecule has 0 aliphatic heterocycles. The predicted octanol–water partition coefficient (Wildman–Crippen LogP) is 0.227. The number of amides is 2. The molecule has 0 aromatic carbocycles. The third kappa shape index (κ3) is 3.47. The molecule has 0 atom stereocenters. The number of carbonyl (C=O) groups excluding carboxylic acids is 1. The summed E-state index contributed by atoms with van der Waals surface area (Å²) in [5.41, 5.74) is 11.1. The van der Waals surface area contributed by atoms with Gasteiger partial charge in [-0.05, 0) is 6.07 Å². The average molecular weight is 209 g/mol. The van der Waals surface area contributed by atoms with E-state index in [1.165, 1.54) is 11.3 Å². The van der Waals surface area contributed by atoms with Gasteiger partial charge in [-0.15, -0.1) is 11.3 Å². The number of hydrogen-bond donors (Lipinski definition) is 3. The number of urea groups is 1. The van der Waals surface area contributed by atoms with Crippen LogP contribution in [0.1, 0.15) is 10.4 Å². The van der Waals surface area contributed by atoms with Crippen LogP contribution in [0.15, 0.2) is 11.4 Å². The van der Waals surface area contributed by atoms with Crippen LogP contribution >= 0.6 is 11.3 Å². The summed E-state index contributed by atoms with van der Waals surface area (Å²) in [5.74, 6) is 5.66. The first-order chi connectivity index (χ1) is 6.72. The highest BCUT2D eigenvalue weighted by molar-refractivity contribution is 7.10. The third-order valence-electron chi connectivity index (χ3n) is 1.43. The number of primary amides is 1. The number of carbonyl (C=O) groups is 1. The summed E-state index contributed by atoms with van der Waals surface area (Å²) < 4.78 is 0. The van der Waals surface area contributed by atoms with Crippen LogP contribution in [0.2, 0.25) is 0 Å². The van der Waals surface area contributed by atoms with Gasteiger partial charge in [-0.3, -0.25) is 0 Å². The number of nitrogens with two attached hydrogens (primary N) is 2. The molecule has 2 amide bonds. The van der Waals surface area contributed by atoms with E-state index in [-0.39, 0.29) is 0 Å². The van der Waals surface area contributed by atoms with E-state index in [0.29, 0.717) is 13.1 Å². The minimum absolute atomic E-state index is 0.352. The Hall–Kier alpha value is -1.51. The van der Waals surface area contributed by atoms with Crippen LogP contribution in [-0.2, 0) is 6.54 Å². The van der Waals surface area contributed by atoms with Crippen molar-refractivity contribution in [3.05, 3.63) is 21.9 Å². The lowest BCUT2D eigenvalue weighted by Gasteiger charge is -1.95. The van der Waals surface area contributed by atoms with Gasteiger partial charge in [-0.25, -0.2) is 4.79 Å². The molecule has 1 aromatic heterocycles. The van der Waals surface area contributed by atoms with Gasteiger partial charge < -0.3 is 16.8 Å². The van der Waals surface area contributed by atoms with Crippen molar-refractivity contribution in [3.8, 4) is 11.8 Å². The highest BCUT2D eigenvalue weighted by atomic mass is 32.1. The molecule has 5 heteroatoms. The molecular weight excluding hydrogens is 198 g/mol. The fourth-order valence-electron chi connectivity index (χ4n) is 0.866. The molecule has 0 aliphatic carbocycles. The third-order valence-corrected chi connectivity index (χ3v) is 2.36. The van der Waals surface area contributed by atoms with Crippen LogP contribution in [0.4, 0.5) is 4.79 Å². The van der Waals surface area contributed by atoms with Gasteiger partial charge in [-0.2, -0.15) is 0 Å². The first-order valence-electron chi connectivity index (χ1n) is 4.02. The zero-order valence-corrected chi connectivity index (χ0v) is 8.36. The summed E-state index contributed by atoms with van der Waals surface area (Å²) in [6, 6.07) is 1.39. The normalized spacial score (nSPS) is 8.93. The Morgan fingerprint density at radius 3 is 3.07 bits per heavy atom. The summed E-state index contributed by atoms with van der Waals surface area (Å²) in [5, 5.41) is 4.42. The molecule has 1 aromatic rings. The van der Waals surface area contributed by atoms with Crippen LogP contribution in [-0.4, -0.2) is 12.6 Å². The molecule has 0 saturated carbocycles. The van der Waals surface area contributed by atoms with Gasteiger partial charge in [-0.1, -0.05) is 11.8 Å². The van der Waals surface area contributed by atoms with Gasteiger partial charge in [0.25, 0.3) is 0 Å². The summed E-state index contributed by atoms with van der Waals surface area (Å²) >= 11 is 1.53. The average Bonchev–Trinajstić information content (AvgIpc) is 2.59. The first-order valence-corrected chi connectivity index (χ1v) is 4.90. The van der Waals surface area contributed by atoms with E-state index in [2.05, 4.69) is 17.2 Å². The van der Waals surface area contributed by atoms with Crippen LogP contribution < -0.4 is 16.8 Å².